The van der Waals surface area contributed by atoms with Gasteiger partial charge in [0.2, 0.25) is 0 Å². The molecule has 0 radical (unpaired) electrons. The van der Waals surface area contributed by atoms with Gasteiger partial charge in [0, 0.05) is 22.9 Å². The van der Waals surface area contributed by atoms with Crippen LogP contribution in [-0.4, -0.2) is 46.0 Å². The van der Waals surface area contributed by atoms with Gasteiger partial charge in [-0.05, 0) is 19.1 Å². The van der Waals surface area contributed by atoms with Gasteiger partial charge in [0.05, 0.1) is 4.88 Å². The lowest BCUT2D eigenvalue weighted by atomic mass is 10.2. The van der Waals surface area contributed by atoms with Crippen LogP contribution in [0.1, 0.15) is 14.5 Å². The Labute approximate surface area is 108 Å². The van der Waals surface area contributed by atoms with Crippen molar-refractivity contribution in [2.75, 3.05) is 18.1 Å². The van der Waals surface area contributed by atoms with E-state index in [9.17, 15) is 9.59 Å². The molecular formula is C11H13NO3S2. The van der Waals surface area contributed by atoms with Gasteiger partial charge in [-0.25, -0.2) is 4.79 Å². The van der Waals surface area contributed by atoms with Gasteiger partial charge >= 0.3 is 5.97 Å². The number of aryl methyl sites for hydroxylation is 1. The molecule has 1 aliphatic rings. The van der Waals surface area contributed by atoms with Crippen molar-refractivity contribution in [1.29, 1.82) is 0 Å². The Kier molecular flexibility index (Phi) is 3.73. The third-order valence-corrected chi connectivity index (χ3v) is 4.64. The molecule has 4 nitrogen and oxygen atoms in total. The van der Waals surface area contributed by atoms with E-state index < -0.39 is 12.0 Å². The molecular weight excluding hydrogens is 258 g/mol. The molecule has 1 atom stereocenters. The number of nitrogens with zero attached hydrogens (tertiary/aromatic N) is 1. The van der Waals surface area contributed by atoms with Crippen LogP contribution in [0.2, 0.25) is 0 Å². The molecule has 6 heteroatoms. The first kappa shape index (κ1) is 12.4. The lowest BCUT2D eigenvalue weighted by Gasteiger charge is -2.32. The second-order valence-electron chi connectivity index (χ2n) is 3.84. The van der Waals surface area contributed by atoms with Crippen LogP contribution in [0.15, 0.2) is 12.1 Å². The number of carboxylic acids is 1. The highest BCUT2D eigenvalue weighted by Gasteiger charge is 2.33. The van der Waals surface area contributed by atoms with E-state index in [0.29, 0.717) is 17.2 Å². The Hall–Kier alpha value is -1.01. The second-order valence-corrected chi connectivity index (χ2v) is 6.28. The lowest BCUT2D eigenvalue weighted by Crippen LogP contribution is -2.50. The first-order valence-electron chi connectivity index (χ1n) is 5.27. The summed E-state index contributed by atoms with van der Waals surface area (Å²) < 4.78 is 0. The maximum Gasteiger partial charge on any atom is 0.327 e. The van der Waals surface area contributed by atoms with E-state index in [2.05, 4.69) is 0 Å². The second kappa shape index (κ2) is 5.10. The minimum absolute atomic E-state index is 0.157. The molecule has 92 valence electrons. The Bertz CT molecular complexity index is 444. The number of amides is 1. The largest absolute Gasteiger partial charge is 0.480 e. The normalized spacial score (nSPS) is 20.3. The SMILES string of the molecule is Cc1ccc(C(=O)N2CCSCC2C(=O)O)s1. The molecule has 1 fully saturated rings. The summed E-state index contributed by atoms with van der Waals surface area (Å²) >= 11 is 2.99. The number of thiophene rings is 1. The zero-order chi connectivity index (χ0) is 12.4. The summed E-state index contributed by atoms with van der Waals surface area (Å²) in [6.07, 6.45) is 0. The van der Waals surface area contributed by atoms with Gasteiger partial charge in [-0.1, -0.05) is 0 Å². The van der Waals surface area contributed by atoms with Crippen LogP contribution >= 0.6 is 23.1 Å². The van der Waals surface area contributed by atoms with Crippen LogP contribution in [0, 0.1) is 6.92 Å². The number of carboxylic acid groups (broad SMARTS) is 1. The van der Waals surface area contributed by atoms with E-state index in [-0.39, 0.29) is 5.91 Å². The average Bonchev–Trinajstić information content (AvgIpc) is 2.75. The van der Waals surface area contributed by atoms with Crippen LogP contribution < -0.4 is 0 Å². The first-order chi connectivity index (χ1) is 8.09. The molecule has 0 saturated carbocycles. The van der Waals surface area contributed by atoms with Gasteiger partial charge in [0.1, 0.15) is 6.04 Å². The van der Waals surface area contributed by atoms with Crippen LogP contribution in [0.5, 0.6) is 0 Å². The van der Waals surface area contributed by atoms with Crippen LogP contribution in [0.4, 0.5) is 0 Å². The zero-order valence-corrected chi connectivity index (χ0v) is 11.0. The molecule has 2 heterocycles. The van der Waals surface area contributed by atoms with Crippen LogP contribution in [0.25, 0.3) is 0 Å². The molecule has 17 heavy (non-hydrogen) atoms. The van der Waals surface area contributed by atoms with Crippen LogP contribution in [-0.2, 0) is 4.79 Å². The summed E-state index contributed by atoms with van der Waals surface area (Å²) in [5, 5.41) is 9.11. The fraction of sp³-hybridized carbons (Fsp3) is 0.455. The summed E-state index contributed by atoms with van der Waals surface area (Å²) in [5.74, 6) is 0.209. The standard InChI is InChI=1S/C11H13NO3S2/c1-7-2-3-9(17-7)10(13)12-4-5-16-6-8(12)11(14)15/h2-3,8H,4-6H2,1H3,(H,14,15). The van der Waals surface area contributed by atoms with Crippen molar-refractivity contribution in [2.24, 2.45) is 0 Å². The van der Waals surface area contributed by atoms with Gasteiger partial charge < -0.3 is 10.0 Å². The van der Waals surface area contributed by atoms with E-state index >= 15 is 0 Å². The van der Waals surface area contributed by atoms with E-state index in [1.54, 1.807) is 17.8 Å². The van der Waals surface area contributed by atoms with Crippen molar-refractivity contribution >= 4 is 35.0 Å². The molecule has 0 aliphatic carbocycles. The number of carbonyl (C=O) groups is 2. The highest BCUT2D eigenvalue weighted by molar-refractivity contribution is 7.99. The van der Waals surface area contributed by atoms with Crippen molar-refractivity contribution in [1.82, 2.24) is 4.90 Å². The lowest BCUT2D eigenvalue weighted by molar-refractivity contribution is -0.141. The van der Waals surface area contributed by atoms with Crippen molar-refractivity contribution in [3.05, 3.63) is 21.9 Å². The molecule has 0 aromatic carbocycles. The molecule has 0 bridgehead atoms. The van der Waals surface area contributed by atoms with E-state index in [1.807, 2.05) is 13.0 Å². The summed E-state index contributed by atoms with van der Waals surface area (Å²) in [7, 11) is 0. The Morgan fingerprint density at radius 3 is 2.82 bits per heavy atom. The molecule has 2 rings (SSSR count). The fourth-order valence-corrected chi connectivity index (χ4v) is 3.60. The summed E-state index contributed by atoms with van der Waals surface area (Å²) in [6.45, 7) is 2.44. The highest BCUT2D eigenvalue weighted by Crippen LogP contribution is 2.22. The average molecular weight is 271 g/mol. The van der Waals surface area contributed by atoms with Crippen LogP contribution in [0.3, 0.4) is 0 Å². The number of rotatable bonds is 2. The Balaban J connectivity index is 2.19. The summed E-state index contributed by atoms with van der Waals surface area (Å²) in [6, 6.07) is 2.96. The van der Waals surface area contributed by atoms with Gasteiger partial charge in [-0.2, -0.15) is 11.8 Å². The molecule has 1 aromatic heterocycles. The summed E-state index contributed by atoms with van der Waals surface area (Å²) in [4.78, 5) is 26.5. The topological polar surface area (TPSA) is 57.6 Å². The van der Waals surface area contributed by atoms with Gasteiger partial charge in [0.15, 0.2) is 0 Å². The predicted octanol–water partition coefficient (Wildman–Crippen LogP) is 1.70. The summed E-state index contributed by atoms with van der Waals surface area (Å²) in [5.41, 5.74) is 0. The maximum absolute atomic E-state index is 12.2. The molecule has 1 aliphatic heterocycles. The van der Waals surface area contributed by atoms with E-state index in [0.717, 1.165) is 10.6 Å². The highest BCUT2D eigenvalue weighted by atomic mass is 32.2. The first-order valence-corrected chi connectivity index (χ1v) is 7.24. The smallest absolute Gasteiger partial charge is 0.327 e. The maximum atomic E-state index is 12.2. The monoisotopic (exact) mass is 271 g/mol. The van der Waals surface area contributed by atoms with Gasteiger partial charge in [-0.3, -0.25) is 4.79 Å². The quantitative estimate of drug-likeness (QED) is 0.889. The van der Waals surface area contributed by atoms with Crippen molar-refractivity contribution in [2.45, 2.75) is 13.0 Å². The molecule has 0 spiro atoms. The molecule has 1 amide bonds. The molecule has 1 N–H and O–H groups in total. The zero-order valence-electron chi connectivity index (χ0n) is 9.38. The van der Waals surface area contributed by atoms with Gasteiger partial charge in [0.25, 0.3) is 5.91 Å². The Morgan fingerprint density at radius 2 is 2.24 bits per heavy atom. The van der Waals surface area contributed by atoms with Crippen molar-refractivity contribution in [3.8, 4) is 0 Å². The third-order valence-electron chi connectivity index (χ3n) is 2.63. The van der Waals surface area contributed by atoms with Crippen molar-refractivity contribution < 1.29 is 14.7 Å². The van der Waals surface area contributed by atoms with E-state index in [1.165, 1.54) is 16.2 Å². The number of hydrogen-bond acceptors (Lipinski definition) is 4. The molecule has 1 saturated heterocycles. The van der Waals surface area contributed by atoms with E-state index in [4.69, 9.17) is 5.11 Å². The number of carbonyl (C=O) groups excluding carboxylic acids is 1. The minimum atomic E-state index is -0.918. The van der Waals surface area contributed by atoms with Crippen molar-refractivity contribution in [3.63, 3.8) is 0 Å². The Morgan fingerprint density at radius 1 is 1.47 bits per heavy atom. The molecule has 1 aromatic rings. The van der Waals surface area contributed by atoms with Gasteiger partial charge in [-0.15, -0.1) is 11.3 Å². The number of aliphatic carboxylic acids is 1. The molecule has 1 unspecified atom stereocenters. The number of thioether (sulfide) groups is 1. The number of hydrogen-bond donors (Lipinski definition) is 1. The fourth-order valence-electron chi connectivity index (χ4n) is 1.74. The third kappa shape index (κ3) is 2.63. The predicted molar refractivity (Wildman–Crippen MR) is 68.8 cm³/mol. The minimum Gasteiger partial charge on any atom is -0.480 e.